The van der Waals surface area contributed by atoms with Crippen LogP contribution in [-0.4, -0.2) is 11.0 Å². The Balaban J connectivity index is 1.96. The van der Waals surface area contributed by atoms with Crippen LogP contribution >= 0.6 is 0 Å². The average Bonchev–Trinajstić information content (AvgIpc) is 2.59. The number of carbonyl (C=O) groups is 1. The molecular formula is C20H18N2O2. The fourth-order valence-corrected chi connectivity index (χ4v) is 1.99. The molecule has 0 saturated heterocycles. The monoisotopic (exact) mass is 318 g/mol. The molecule has 4 nitrogen and oxygen atoms in total. The summed E-state index contributed by atoms with van der Waals surface area (Å²) in [5, 5.41) is 21.1. The summed E-state index contributed by atoms with van der Waals surface area (Å²) in [6, 6.07) is 16.4. The van der Waals surface area contributed by atoms with Gasteiger partial charge in [-0.1, -0.05) is 54.1 Å². The summed E-state index contributed by atoms with van der Waals surface area (Å²) < 4.78 is 0. The maximum absolute atomic E-state index is 12.0. The first kappa shape index (κ1) is 17.0. The van der Waals surface area contributed by atoms with Gasteiger partial charge in [-0.25, -0.2) is 0 Å². The van der Waals surface area contributed by atoms with Gasteiger partial charge in [-0.2, -0.15) is 5.26 Å². The summed E-state index contributed by atoms with van der Waals surface area (Å²) >= 11 is 0. The van der Waals surface area contributed by atoms with Gasteiger partial charge in [0.05, 0.1) is 0 Å². The summed E-state index contributed by atoms with van der Waals surface area (Å²) in [4.78, 5) is 12.0. The second-order valence-electron chi connectivity index (χ2n) is 5.31. The van der Waals surface area contributed by atoms with Crippen LogP contribution in [0.25, 0.3) is 6.08 Å². The summed E-state index contributed by atoms with van der Waals surface area (Å²) in [6.07, 6.45) is 4.86. The van der Waals surface area contributed by atoms with Crippen LogP contribution in [0.3, 0.4) is 0 Å². The fraction of sp³-hybridized carbons (Fsp3) is 0.100. The molecule has 4 heteroatoms. The Bertz CT molecular complexity index is 795. The highest BCUT2D eigenvalue weighted by Gasteiger charge is 2.07. The highest BCUT2D eigenvalue weighted by atomic mass is 16.3. The van der Waals surface area contributed by atoms with Crippen molar-refractivity contribution in [1.29, 1.82) is 5.26 Å². The van der Waals surface area contributed by atoms with E-state index in [1.807, 2.05) is 37.3 Å². The molecule has 0 saturated carbocycles. The Labute approximate surface area is 141 Å². The van der Waals surface area contributed by atoms with Gasteiger partial charge in [-0.15, -0.1) is 0 Å². The lowest BCUT2D eigenvalue weighted by Crippen LogP contribution is -2.23. The molecule has 0 aliphatic heterocycles. The van der Waals surface area contributed by atoms with E-state index in [2.05, 4.69) is 5.32 Å². The molecule has 120 valence electrons. The molecule has 0 heterocycles. The molecule has 0 bridgehead atoms. The van der Waals surface area contributed by atoms with E-state index < -0.39 is 5.91 Å². The van der Waals surface area contributed by atoms with Crippen molar-refractivity contribution in [3.63, 3.8) is 0 Å². The van der Waals surface area contributed by atoms with Crippen LogP contribution in [0.5, 0.6) is 5.75 Å². The molecule has 0 atom stereocenters. The highest BCUT2D eigenvalue weighted by Crippen LogP contribution is 2.11. The van der Waals surface area contributed by atoms with Crippen molar-refractivity contribution in [3.8, 4) is 11.8 Å². The maximum Gasteiger partial charge on any atom is 0.262 e. The van der Waals surface area contributed by atoms with Crippen LogP contribution in [0, 0.1) is 18.3 Å². The number of nitriles is 1. The molecule has 0 radical (unpaired) electrons. The van der Waals surface area contributed by atoms with Gasteiger partial charge >= 0.3 is 0 Å². The summed E-state index contributed by atoms with van der Waals surface area (Å²) in [6.45, 7) is 2.37. The third-order valence-electron chi connectivity index (χ3n) is 3.38. The van der Waals surface area contributed by atoms with Crippen LogP contribution in [-0.2, 0) is 11.3 Å². The van der Waals surface area contributed by atoms with Gasteiger partial charge in [0.15, 0.2) is 0 Å². The van der Waals surface area contributed by atoms with Gasteiger partial charge < -0.3 is 10.4 Å². The minimum atomic E-state index is -0.409. The number of allylic oxidation sites excluding steroid dienone is 2. The van der Waals surface area contributed by atoms with Crippen molar-refractivity contribution in [1.82, 2.24) is 5.32 Å². The van der Waals surface area contributed by atoms with Crippen LogP contribution in [0.4, 0.5) is 0 Å². The van der Waals surface area contributed by atoms with Gasteiger partial charge in [-0.3, -0.25) is 4.79 Å². The zero-order valence-corrected chi connectivity index (χ0v) is 13.4. The fourth-order valence-electron chi connectivity index (χ4n) is 1.99. The molecule has 0 fully saturated rings. The van der Waals surface area contributed by atoms with Gasteiger partial charge in [-0.05, 0) is 36.3 Å². The normalized spacial score (nSPS) is 11.2. The van der Waals surface area contributed by atoms with E-state index in [0.717, 1.165) is 16.7 Å². The molecule has 0 unspecified atom stereocenters. The van der Waals surface area contributed by atoms with E-state index in [0.29, 0.717) is 6.54 Å². The molecule has 0 spiro atoms. The molecule has 0 aliphatic rings. The van der Waals surface area contributed by atoms with Crippen LogP contribution < -0.4 is 5.32 Å². The first-order chi connectivity index (χ1) is 11.6. The molecule has 1 amide bonds. The van der Waals surface area contributed by atoms with Crippen molar-refractivity contribution in [3.05, 3.63) is 82.9 Å². The summed E-state index contributed by atoms with van der Waals surface area (Å²) in [5.74, 6) is -0.218. The number of aromatic hydroxyl groups is 1. The van der Waals surface area contributed by atoms with E-state index in [9.17, 15) is 9.90 Å². The number of nitrogens with zero attached hydrogens (tertiary/aromatic N) is 1. The second kappa shape index (κ2) is 8.35. The van der Waals surface area contributed by atoms with Gasteiger partial charge in [0, 0.05) is 6.54 Å². The molecule has 0 aliphatic carbocycles. The molecule has 0 aromatic heterocycles. The minimum Gasteiger partial charge on any atom is -0.508 e. The van der Waals surface area contributed by atoms with E-state index in [1.165, 1.54) is 6.08 Å². The number of amides is 1. The van der Waals surface area contributed by atoms with Gasteiger partial charge in [0.2, 0.25) is 0 Å². The number of rotatable bonds is 5. The third-order valence-corrected chi connectivity index (χ3v) is 3.38. The van der Waals surface area contributed by atoms with Gasteiger partial charge in [0.25, 0.3) is 5.91 Å². The maximum atomic E-state index is 12.0. The van der Waals surface area contributed by atoms with Crippen LogP contribution in [0.2, 0.25) is 0 Å². The summed E-state index contributed by atoms with van der Waals surface area (Å²) in [7, 11) is 0. The van der Waals surface area contributed by atoms with E-state index >= 15 is 0 Å². The standard InChI is InChI=1S/C20H18N2O2/c1-15-5-7-17(8-6-15)14-22-20(24)18(13-21)4-2-3-16-9-11-19(23)12-10-16/h2-12,23H,14H2,1H3,(H,22,24)/b3-2+,18-4?. The lowest BCUT2D eigenvalue weighted by Gasteiger charge is -2.04. The Morgan fingerprint density at radius 3 is 2.46 bits per heavy atom. The Morgan fingerprint density at radius 1 is 1.17 bits per heavy atom. The molecule has 2 N–H and O–H groups in total. The SMILES string of the molecule is Cc1ccc(CNC(=O)C(C#N)=C/C=C/c2ccc(O)cc2)cc1. The number of benzene rings is 2. The predicted octanol–water partition coefficient (Wildman–Crippen LogP) is 3.48. The number of phenols is 1. The van der Waals surface area contributed by atoms with E-state index in [-0.39, 0.29) is 11.3 Å². The number of nitrogens with one attached hydrogen (secondary N) is 1. The molecule has 2 aromatic carbocycles. The number of aryl methyl sites for hydroxylation is 1. The number of carbonyl (C=O) groups excluding carboxylic acids is 1. The van der Waals surface area contributed by atoms with Crippen molar-refractivity contribution in [2.75, 3.05) is 0 Å². The van der Waals surface area contributed by atoms with Crippen LogP contribution in [0.1, 0.15) is 16.7 Å². The lowest BCUT2D eigenvalue weighted by atomic mass is 10.1. The third kappa shape index (κ3) is 5.15. The molecule has 2 aromatic rings. The Kier molecular flexibility index (Phi) is 5.93. The van der Waals surface area contributed by atoms with E-state index in [4.69, 9.17) is 5.26 Å². The van der Waals surface area contributed by atoms with Crippen molar-refractivity contribution < 1.29 is 9.90 Å². The number of phenolic OH excluding ortho intramolecular Hbond substituents is 1. The quantitative estimate of drug-likeness (QED) is 0.503. The second-order valence-corrected chi connectivity index (χ2v) is 5.31. The predicted molar refractivity (Wildman–Crippen MR) is 93.9 cm³/mol. The molecular weight excluding hydrogens is 300 g/mol. The molecule has 2 rings (SSSR count). The minimum absolute atomic E-state index is 0.0390. The average molecular weight is 318 g/mol. The van der Waals surface area contributed by atoms with Crippen LogP contribution in [0.15, 0.2) is 66.3 Å². The Morgan fingerprint density at radius 2 is 1.83 bits per heavy atom. The topological polar surface area (TPSA) is 73.1 Å². The number of hydrogen-bond donors (Lipinski definition) is 2. The zero-order chi connectivity index (χ0) is 17.4. The first-order valence-electron chi connectivity index (χ1n) is 7.50. The van der Waals surface area contributed by atoms with Crippen molar-refractivity contribution in [2.45, 2.75) is 13.5 Å². The van der Waals surface area contributed by atoms with Crippen molar-refractivity contribution in [2.24, 2.45) is 0 Å². The number of hydrogen-bond acceptors (Lipinski definition) is 3. The highest BCUT2D eigenvalue weighted by molar-refractivity contribution is 5.97. The van der Waals surface area contributed by atoms with Gasteiger partial charge in [0.1, 0.15) is 17.4 Å². The molecule has 24 heavy (non-hydrogen) atoms. The summed E-state index contributed by atoms with van der Waals surface area (Å²) in [5.41, 5.74) is 3.03. The van der Waals surface area contributed by atoms with E-state index in [1.54, 1.807) is 36.4 Å². The largest absolute Gasteiger partial charge is 0.508 e. The Hall–Kier alpha value is -3.32. The first-order valence-corrected chi connectivity index (χ1v) is 7.50. The lowest BCUT2D eigenvalue weighted by molar-refractivity contribution is -0.117. The smallest absolute Gasteiger partial charge is 0.262 e. The van der Waals surface area contributed by atoms with Crippen molar-refractivity contribution >= 4 is 12.0 Å². The zero-order valence-electron chi connectivity index (χ0n) is 13.4.